The molecule has 0 N–H and O–H groups in total. The largest absolute Gasteiger partial charge is 0.385 e. The monoisotopic (exact) mass is 576 g/mol. The first kappa shape index (κ1) is 30.8. The molecule has 11 heteroatoms. The van der Waals surface area contributed by atoms with Crippen LogP contribution in [0.1, 0.15) is 58.1 Å². The van der Waals surface area contributed by atoms with Crippen LogP contribution in [0.2, 0.25) is 0 Å². The van der Waals surface area contributed by atoms with Gasteiger partial charge in [0.2, 0.25) is 11.5 Å². The number of hydrogen-bond donors (Lipinski definition) is 0. The van der Waals surface area contributed by atoms with Gasteiger partial charge in [-0.15, -0.1) is 0 Å². The highest BCUT2D eigenvalue weighted by Crippen LogP contribution is 2.27. The molecule has 0 radical (unpaired) electrons. The van der Waals surface area contributed by atoms with Gasteiger partial charge in [0.05, 0.1) is 11.3 Å². The molecule has 0 saturated heterocycles. The first-order valence-electron chi connectivity index (χ1n) is 14.4. The number of ether oxygens (including phenoxy) is 1. The van der Waals surface area contributed by atoms with Gasteiger partial charge in [0.15, 0.2) is 0 Å². The van der Waals surface area contributed by atoms with Crippen molar-refractivity contribution in [2.45, 2.75) is 73.0 Å². The van der Waals surface area contributed by atoms with Crippen molar-refractivity contribution < 1.29 is 9.53 Å². The van der Waals surface area contributed by atoms with Crippen LogP contribution in [-0.4, -0.2) is 50.6 Å². The van der Waals surface area contributed by atoms with E-state index in [1.54, 1.807) is 45.7 Å². The van der Waals surface area contributed by atoms with Crippen molar-refractivity contribution in [3.63, 3.8) is 0 Å². The minimum absolute atomic E-state index is 0.0774. The van der Waals surface area contributed by atoms with Gasteiger partial charge in [0.1, 0.15) is 11.6 Å². The number of nitrogens with zero attached hydrogens (tertiary/aromatic N) is 6. The predicted molar refractivity (Wildman–Crippen MR) is 163 cm³/mol. The van der Waals surface area contributed by atoms with E-state index in [0.29, 0.717) is 68.4 Å². The van der Waals surface area contributed by atoms with Gasteiger partial charge in [-0.05, 0) is 37.5 Å². The van der Waals surface area contributed by atoms with Gasteiger partial charge < -0.3 is 9.30 Å². The summed E-state index contributed by atoms with van der Waals surface area (Å²) >= 11 is 0. The van der Waals surface area contributed by atoms with E-state index in [2.05, 4.69) is 4.98 Å². The summed E-state index contributed by atoms with van der Waals surface area (Å²) in [5.41, 5.74) is 0.476. The van der Waals surface area contributed by atoms with E-state index >= 15 is 0 Å². The Kier molecular flexibility index (Phi) is 9.72. The van der Waals surface area contributed by atoms with Crippen molar-refractivity contribution in [1.82, 2.24) is 18.7 Å². The summed E-state index contributed by atoms with van der Waals surface area (Å²) in [4.78, 5) is 63.0. The Morgan fingerprint density at radius 1 is 1.02 bits per heavy atom. The number of aryl methyl sites for hydroxylation is 1. The standard InChI is InChI=1S/C31H40N6O5/c1-6-14-36-27-23(28(39)37(30(36)41)18-10-19-42-5)20-24(33-27)22-12-13-25(32-21-22)35(29(40)31(2,3)4)17-9-16-34-15-8-7-11-26(34)38/h7-8,11-13,15,21H,6,9-10,14,16-20H2,1-5H3. The summed E-state index contributed by atoms with van der Waals surface area (Å²) in [6, 6.07) is 8.65. The highest BCUT2D eigenvalue weighted by atomic mass is 16.5. The molecule has 0 aromatic carbocycles. The zero-order valence-corrected chi connectivity index (χ0v) is 25.1. The Bertz CT molecular complexity index is 1630. The third-order valence-corrected chi connectivity index (χ3v) is 7.18. The number of pyridine rings is 2. The van der Waals surface area contributed by atoms with Crippen LogP contribution in [0.15, 0.2) is 62.1 Å². The van der Waals surface area contributed by atoms with Crippen molar-refractivity contribution in [3.05, 3.63) is 85.0 Å². The maximum atomic E-state index is 13.4. The number of aliphatic imine (C=N–C) groups is 1. The number of anilines is 1. The lowest BCUT2D eigenvalue weighted by atomic mass is 9.94. The van der Waals surface area contributed by atoms with E-state index < -0.39 is 5.41 Å². The molecular weight excluding hydrogens is 536 g/mol. The number of carbonyl (C=O) groups excluding carboxylic acids is 1. The minimum atomic E-state index is -0.632. The Hall–Kier alpha value is -4.12. The number of carbonyl (C=O) groups is 1. The Morgan fingerprint density at radius 3 is 2.45 bits per heavy atom. The minimum Gasteiger partial charge on any atom is -0.385 e. The van der Waals surface area contributed by atoms with Gasteiger partial charge in [-0.1, -0.05) is 33.8 Å². The van der Waals surface area contributed by atoms with Crippen molar-refractivity contribution in [1.29, 1.82) is 0 Å². The van der Waals surface area contributed by atoms with Gasteiger partial charge in [-0.2, -0.15) is 0 Å². The van der Waals surface area contributed by atoms with Crippen LogP contribution in [0, 0.1) is 5.41 Å². The first-order valence-corrected chi connectivity index (χ1v) is 14.4. The maximum absolute atomic E-state index is 13.4. The quantitative estimate of drug-likeness (QED) is 0.306. The average molecular weight is 577 g/mol. The third-order valence-electron chi connectivity index (χ3n) is 7.18. The van der Waals surface area contributed by atoms with Crippen molar-refractivity contribution in [2.75, 3.05) is 25.2 Å². The van der Waals surface area contributed by atoms with Crippen LogP contribution in [0.5, 0.6) is 0 Å². The Labute approximate surface area is 245 Å². The molecule has 3 aromatic heterocycles. The number of rotatable bonds is 12. The van der Waals surface area contributed by atoms with Gasteiger partial charge in [-0.25, -0.2) is 14.8 Å². The fraction of sp³-hybridized carbons (Fsp3) is 0.484. The summed E-state index contributed by atoms with van der Waals surface area (Å²) in [5, 5.41) is 0. The summed E-state index contributed by atoms with van der Waals surface area (Å²) in [6.45, 7) is 9.62. The highest BCUT2D eigenvalue weighted by molar-refractivity contribution is 6.06. The molecule has 3 aromatic rings. The van der Waals surface area contributed by atoms with Crippen LogP contribution in [0.3, 0.4) is 0 Å². The highest BCUT2D eigenvalue weighted by Gasteiger charge is 2.30. The van der Waals surface area contributed by atoms with Crippen molar-refractivity contribution in [3.8, 4) is 0 Å². The molecule has 4 heterocycles. The molecule has 0 bridgehead atoms. The first-order chi connectivity index (χ1) is 20.1. The topological polar surface area (TPSA) is 121 Å². The normalized spacial score (nSPS) is 12.7. The van der Waals surface area contributed by atoms with Gasteiger partial charge in [0.25, 0.3) is 5.56 Å². The van der Waals surface area contributed by atoms with E-state index in [1.165, 1.54) is 10.6 Å². The number of hydrogen-bond acceptors (Lipinski definition) is 7. The number of methoxy groups -OCH3 is 1. The second-order valence-electron chi connectivity index (χ2n) is 11.5. The van der Waals surface area contributed by atoms with Crippen LogP contribution in [0.25, 0.3) is 0 Å². The zero-order valence-electron chi connectivity index (χ0n) is 25.1. The van der Waals surface area contributed by atoms with Crippen molar-refractivity contribution >= 4 is 23.3 Å². The molecule has 0 fully saturated rings. The fourth-order valence-corrected chi connectivity index (χ4v) is 5.00. The predicted octanol–water partition coefficient (Wildman–Crippen LogP) is 3.16. The van der Waals surface area contributed by atoms with E-state index in [9.17, 15) is 19.2 Å². The van der Waals surface area contributed by atoms with Gasteiger partial charge in [-0.3, -0.25) is 28.4 Å². The lowest BCUT2D eigenvalue weighted by Gasteiger charge is -2.29. The van der Waals surface area contributed by atoms with E-state index in [0.717, 1.165) is 12.0 Å². The zero-order chi connectivity index (χ0) is 30.4. The van der Waals surface area contributed by atoms with Crippen LogP contribution < -0.4 is 21.7 Å². The van der Waals surface area contributed by atoms with E-state index in [-0.39, 0.29) is 29.3 Å². The second kappa shape index (κ2) is 13.2. The molecule has 0 saturated carbocycles. The summed E-state index contributed by atoms with van der Waals surface area (Å²) in [5.74, 6) is 0.833. The third kappa shape index (κ3) is 6.67. The summed E-state index contributed by atoms with van der Waals surface area (Å²) in [6.07, 6.45) is 5.54. The number of amides is 1. The maximum Gasteiger partial charge on any atom is 0.332 e. The fourth-order valence-electron chi connectivity index (χ4n) is 5.00. The smallest absolute Gasteiger partial charge is 0.332 e. The Morgan fingerprint density at radius 2 is 1.81 bits per heavy atom. The molecule has 0 aliphatic carbocycles. The van der Waals surface area contributed by atoms with Gasteiger partial charge in [0, 0.05) is 75.8 Å². The SMILES string of the molecule is CCCn1c2c(c(=O)n(CCCOC)c1=O)CC(c1ccc(N(CCCn3ccccc3=O)C(=O)C(C)(C)C)nc1)=N2. The summed E-state index contributed by atoms with van der Waals surface area (Å²) < 4.78 is 9.59. The molecule has 0 spiro atoms. The lowest BCUT2D eigenvalue weighted by Crippen LogP contribution is -2.41. The molecule has 42 heavy (non-hydrogen) atoms. The molecule has 4 rings (SSSR count). The van der Waals surface area contributed by atoms with Crippen LogP contribution in [-0.2, 0) is 35.6 Å². The molecule has 224 valence electrons. The lowest BCUT2D eigenvalue weighted by molar-refractivity contribution is -0.125. The average Bonchev–Trinajstić information content (AvgIpc) is 3.41. The molecule has 1 aliphatic heterocycles. The molecule has 11 nitrogen and oxygen atoms in total. The van der Waals surface area contributed by atoms with Crippen LogP contribution in [0.4, 0.5) is 11.6 Å². The molecule has 1 aliphatic rings. The second-order valence-corrected chi connectivity index (χ2v) is 11.5. The van der Waals surface area contributed by atoms with Gasteiger partial charge >= 0.3 is 5.69 Å². The molecule has 1 amide bonds. The van der Waals surface area contributed by atoms with Crippen molar-refractivity contribution in [2.24, 2.45) is 10.4 Å². The van der Waals surface area contributed by atoms with E-state index in [1.807, 2.05) is 39.8 Å². The summed E-state index contributed by atoms with van der Waals surface area (Å²) in [7, 11) is 1.59. The van der Waals surface area contributed by atoms with Crippen LogP contribution >= 0.6 is 0 Å². The number of aromatic nitrogens is 4. The molecule has 0 unspecified atom stereocenters. The van der Waals surface area contributed by atoms with E-state index in [4.69, 9.17) is 9.73 Å². The molecular formula is C31H40N6O5. The Balaban J connectivity index is 1.59. The molecule has 0 atom stereocenters. The number of fused-ring (bicyclic) bond motifs is 1.